The molecule has 2 aromatic heterocycles. The number of fused-ring (bicyclic) bond motifs is 1. The second-order valence-electron chi connectivity index (χ2n) is 7.04. The number of carbonyl (C=O) groups excluding carboxylic acids is 1. The van der Waals surface area contributed by atoms with Crippen LogP contribution in [0.15, 0.2) is 54.7 Å². The number of carbonyl (C=O) groups is 1. The molecule has 1 amide bonds. The smallest absolute Gasteiger partial charge is 0.253 e. The van der Waals surface area contributed by atoms with Gasteiger partial charge >= 0.3 is 0 Å². The maximum absolute atomic E-state index is 12.8. The molecule has 1 N–H and O–H groups in total. The molecule has 4 rings (SSSR count). The monoisotopic (exact) mass is 373 g/mol. The molecule has 1 aliphatic rings. The molecular formula is C23H23N3O2. The number of amides is 1. The minimum atomic E-state index is -0.125. The molecule has 0 saturated heterocycles. The number of pyridine rings is 2. The van der Waals surface area contributed by atoms with Crippen LogP contribution in [0.2, 0.25) is 0 Å². The number of aryl methyl sites for hydroxylation is 1. The second-order valence-corrected chi connectivity index (χ2v) is 7.04. The Morgan fingerprint density at radius 2 is 2.04 bits per heavy atom. The van der Waals surface area contributed by atoms with Gasteiger partial charge in [-0.1, -0.05) is 30.3 Å². The van der Waals surface area contributed by atoms with Crippen molar-refractivity contribution in [2.24, 2.45) is 0 Å². The van der Waals surface area contributed by atoms with Crippen molar-refractivity contribution in [1.82, 2.24) is 15.3 Å². The van der Waals surface area contributed by atoms with Crippen molar-refractivity contribution in [3.63, 3.8) is 0 Å². The maximum atomic E-state index is 12.8. The first-order valence-electron chi connectivity index (χ1n) is 9.52. The van der Waals surface area contributed by atoms with Crippen molar-refractivity contribution in [1.29, 1.82) is 0 Å². The number of rotatable bonds is 4. The van der Waals surface area contributed by atoms with Crippen LogP contribution < -0.4 is 5.32 Å². The van der Waals surface area contributed by atoms with Gasteiger partial charge < -0.3 is 10.1 Å². The van der Waals surface area contributed by atoms with Gasteiger partial charge in [0.1, 0.15) is 0 Å². The van der Waals surface area contributed by atoms with Crippen LogP contribution in [-0.2, 0) is 4.74 Å². The lowest BCUT2D eigenvalue weighted by atomic mass is 9.98. The number of nitrogens with one attached hydrogen (secondary N) is 1. The SMILES string of the molecule is Cc1nc2ncccc2cc1C(=O)N[C@@H](C)c1ccc(C2=CCOCC2)cc1. The zero-order valence-corrected chi connectivity index (χ0v) is 16.1. The van der Waals surface area contributed by atoms with Crippen molar-refractivity contribution < 1.29 is 9.53 Å². The van der Waals surface area contributed by atoms with Gasteiger partial charge in [0.05, 0.1) is 30.5 Å². The Morgan fingerprint density at radius 3 is 2.79 bits per heavy atom. The first-order chi connectivity index (χ1) is 13.6. The number of benzene rings is 1. The molecular weight excluding hydrogens is 350 g/mol. The zero-order chi connectivity index (χ0) is 19.5. The van der Waals surface area contributed by atoms with Crippen LogP contribution in [0, 0.1) is 6.92 Å². The first-order valence-corrected chi connectivity index (χ1v) is 9.52. The van der Waals surface area contributed by atoms with Gasteiger partial charge in [0, 0.05) is 11.6 Å². The third-order valence-electron chi connectivity index (χ3n) is 5.12. The van der Waals surface area contributed by atoms with E-state index < -0.39 is 0 Å². The summed E-state index contributed by atoms with van der Waals surface area (Å²) >= 11 is 0. The number of nitrogens with zero attached hydrogens (tertiary/aromatic N) is 2. The lowest BCUT2D eigenvalue weighted by molar-refractivity contribution is 0.0939. The van der Waals surface area contributed by atoms with Gasteiger partial charge in [0.2, 0.25) is 0 Å². The van der Waals surface area contributed by atoms with Crippen LogP contribution in [0.25, 0.3) is 16.6 Å². The molecule has 28 heavy (non-hydrogen) atoms. The van der Waals surface area contributed by atoms with Crippen LogP contribution in [0.1, 0.15) is 46.6 Å². The highest BCUT2D eigenvalue weighted by Crippen LogP contribution is 2.23. The van der Waals surface area contributed by atoms with E-state index in [9.17, 15) is 4.79 Å². The van der Waals surface area contributed by atoms with Gasteiger partial charge in [-0.05, 0) is 55.2 Å². The Kier molecular flexibility index (Phi) is 5.17. The number of hydrogen-bond donors (Lipinski definition) is 1. The van der Waals surface area contributed by atoms with Crippen molar-refractivity contribution in [3.8, 4) is 0 Å². The molecule has 0 bridgehead atoms. The lowest BCUT2D eigenvalue weighted by Gasteiger charge is -2.17. The van der Waals surface area contributed by atoms with E-state index in [4.69, 9.17) is 4.74 Å². The van der Waals surface area contributed by atoms with E-state index in [1.165, 1.54) is 11.1 Å². The van der Waals surface area contributed by atoms with Gasteiger partial charge in [-0.15, -0.1) is 0 Å². The summed E-state index contributed by atoms with van der Waals surface area (Å²) in [6.07, 6.45) is 4.78. The molecule has 0 aliphatic carbocycles. The van der Waals surface area contributed by atoms with E-state index in [-0.39, 0.29) is 11.9 Å². The minimum absolute atomic E-state index is 0.103. The molecule has 0 fully saturated rings. The zero-order valence-electron chi connectivity index (χ0n) is 16.1. The highest BCUT2D eigenvalue weighted by Gasteiger charge is 2.16. The summed E-state index contributed by atoms with van der Waals surface area (Å²) in [6.45, 7) is 5.28. The lowest BCUT2D eigenvalue weighted by Crippen LogP contribution is -2.27. The average Bonchev–Trinajstić information content (AvgIpc) is 2.74. The third-order valence-corrected chi connectivity index (χ3v) is 5.12. The molecule has 3 aromatic rings. The van der Waals surface area contributed by atoms with E-state index in [0.29, 0.717) is 23.5 Å². The van der Waals surface area contributed by atoms with Gasteiger partial charge in [-0.2, -0.15) is 0 Å². The van der Waals surface area contributed by atoms with Gasteiger partial charge in [0.25, 0.3) is 5.91 Å². The summed E-state index contributed by atoms with van der Waals surface area (Å²) in [5.74, 6) is -0.125. The van der Waals surface area contributed by atoms with Crippen molar-refractivity contribution in [2.45, 2.75) is 26.3 Å². The fourth-order valence-corrected chi connectivity index (χ4v) is 3.46. The van der Waals surface area contributed by atoms with E-state index in [1.807, 2.05) is 32.0 Å². The van der Waals surface area contributed by atoms with Gasteiger partial charge in [-0.3, -0.25) is 4.79 Å². The highest BCUT2D eigenvalue weighted by molar-refractivity contribution is 5.98. The highest BCUT2D eigenvalue weighted by atomic mass is 16.5. The summed E-state index contributed by atoms with van der Waals surface area (Å²) in [7, 11) is 0. The Labute approximate surface area is 164 Å². The van der Waals surface area contributed by atoms with Crippen LogP contribution in [0.5, 0.6) is 0 Å². The van der Waals surface area contributed by atoms with Crippen LogP contribution in [0.3, 0.4) is 0 Å². The Hall–Kier alpha value is -3.05. The Balaban J connectivity index is 1.50. The van der Waals surface area contributed by atoms with E-state index in [2.05, 4.69) is 45.6 Å². The molecule has 0 saturated carbocycles. The summed E-state index contributed by atoms with van der Waals surface area (Å²) in [5.41, 5.74) is 5.52. The summed E-state index contributed by atoms with van der Waals surface area (Å²) in [5, 5.41) is 3.94. The van der Waals surface area contributed by atoms with E-state index in [0.717, 1.165) is 24.0 Å². The van der Waals surface area contributed by atoms with Crippen LogP contribution >= 0.6 is 0 Å². The quantitative estimate of drug-likeness (QED) is 0.743. The summed E-state index contributed by atoms with van der Waals surface area (Å²) < 4.78 is 5.37. The maximum Gasteiger partial charge on any atom is 0.253 e. The normalized spacial score (nSPS) is 15.1. The summed E-state index contributed by atoms with van der Waals surface area (Å²) in [6, 6.07) is 13.9. The molecule has 0 spiro atoms. The molecule has 3 heterocycles. The molecule has 0 unspecified atom stereocenters. The molecule has 142 valence electrons. The topological polar surface area (TPSA) is 64.1 Å². The van der Waals surface area contributed by atoms with E-state index >= 15 is 0 Å². The third kappa shape index (κ3) is 3.80. The first kappa shape index (κ1) is 18.3. The second kappa shape index (κ2) is 7.90. The van der Waals surface area contributed by atoms with Crippen molar-refractivity contribution >= 4 is 22.5 Å². The predicted molar refractivity (Wildman–Crippen MR) is 110 cm³/mol. The molecule has 5 heteroatoms. The Morgan fingerprint density at radius 1 is 1.21 bits per heavy atom. The fourth-order valence-electron chi connectivity index (χ4n) is 3.46. The van der Waals surface area contributed by atoms with Crippen LogP contribution in [-0.4, -0.2) is 29.1 Å². The van der Waals surface area contributed by atoms with Gasteiger partial charge in [0.15, 0.2) is 5.65 Å². The van der Waals surface area contributed by atoms with E-state index in [1.54, 1.807) is 6.20 Å². The van der Waals surface area contributed by atoms with Crippen molar-refractivity contribution in [3.05, 3.63) is 77.1 Å². The molecule has 1 atom stereocenters. The molecule has 5 nitrogen and oxygen atoms in total. The van der Waals surface area contributed by atoms with Crippen LogP contribution in [0.4, 0.5) is 0 Å². The number of aromatic nitrogens is 2. The Bertz CT molecular complexity index is 1040. The number of hydrogen-bond acceptors (Lipinski definition) is 4. The number of ether oxygens (including phenoxy) is 1. The minimum Gasteiger partial charge on any atom is -0.377 e. The summed E-state index contributed by atoms with van der Waals surface area (Å²) in [4.78, 5) is 21.5. The predicted octanol–water partition coefficient (Wildman–Crippen LogP) is 4.23. The fraction of sp³-hybridized carbons (Fsp3) is 0.261. The largest absolute Gasteiger partial charge is 0.377 e. The molecule has 1 aliphatic heterocycles. The molecule has 1 aromatic carbocycles. The standard InChI is InChI=1S/C23H23N3O2/c1-15(17-5-7-18(8-6-17)19-9-12-28-13-10-19)26-23(27)21-14-20-4-3-11-24-22(20)25-16(21)2/h3-9,11,14-15H,10,12-13H2,1-2H3,(H,26,27)/t15-/m0/s1. The van der Waals surface area contributed by atoms with Crippen molar-refractivity contribution in [2.75, 3.05) is 13.2 Å². The molecule has 0 radical (unpaired) electrons. The van der Waals surface area contributed by atoms with Gasteiger partial charge in [-0.25, -0.2) is 9.97 Å². The average molecular weight is 373 g/mol.